The first-order valence-corrected chi connectivity index (χ1v) is 7.24. The van der Waals surface area contributed by atoms with Crippen LogP contribution < -0.4 is 0 Å². The van der Waals surface area contributed by atoms with Crippen LogP contribution in [0.5, 0.6) is 0 Å². The van der Waals surface area contributed by atoms with Gasteiger partial charge < -0.3 is 0 Å². The summed E-state index contributed by atoms with van der Waals surface area (Å²) in [5.41, 5.74) is 0. The highest BCUT2D eigenvalue weighted by atomic mass is 79.9. The van der Waals surface area contributed by atoms with Crippen LogP contribution in [-0.2, 0) is 10.0 Å². The molecule has 0 atom stereocenters. The van der Waals surface area contributed by atoms with E-state index in [0.29, 0.717) is 4.47 Å². The van der Waals surface area contributed by atoms with Crippen molar-refractivity contribution in [3.05, 3.63) is 45.6 Å². The average molecular weight is 366 g/mol. The molecule has 0 fully saturated rings. The van der Waals surface area contributed by atoms with Gasteiger partial charge >= 0.3 is 0 Å². The Bertz CT molecular complexity index is 605. The SMILES string of the molecule is O=S(=O)(c1ccc(Br)cc1)n1cc(Br)cn1. The molecular formula is C9H6Br2N2O2S. The van der Waals surface area contributed by atoms with E-state index in [1.165, 1.54) is 24.5 Å². The van der Waals surface area contributed by atoms with Crippen LogP contribution in [0.1, 0.15) is 0 Å². The molecule has 0 unspecified atom stereocenters. The molecule has 0 aliphatic carbocycles. The molecule has 0 saturated carbocycles. The van der Waals surface area contributed by atoms with Gasteiger partial charge in [0.05, 0.1) is 21.8 Å². The van der Waals surface area contributed by atoms with E-state index >= 15 is 0 Å². The Morgan fingerprint density at radius 1 is 1.06 bits per heavy atom. The normalized spacial score (nSPS) is 11.6. The zero-order valence-corrected chi connectivity index (χ0v) is 11.8. The van der Waals surface area contributed by atoms with Gasteiger partial charge in [0, 0.05) is 4.47 Å². The standard InChI is InChI=1S/C9H6Br2N2O2S/c10-7-1-3-9(4-2-7)16(14,15)13-6-8(11)5-12-13/h1-6H. The van der Waals surface area contributed by atoms with Gasteiger partial charge in [0.1, 0.15) is 0 Å². The van der Waals surface area contributed by atoms with E-state index in [2.05, 4.69) is 37.0 Å². The summed E-state index contributed by atoms with van der Waals surface area (Å²) in [5.74, 6) is 0. The second kappa shape index (κ2) is 4.31. The Morgan fingerprint density at radius 2 is 1.69 bits per heavy atom. The van der Waals surface area contributed by atoms with Crippen molar-refractivity contribution in [3.63, 3.8) is 0 Å². The van der Waals surface area contributed by atoms with E-state index in [0.717, 1.165) is 8.56 Å². The van der Waals surface area contributed by atoms with Crippen LogP contribution in [0.15, 0.2) is 50.5 Å². The zero-order valence-electron chi connectivity index (χ0n) is 7.84. The molecule has 2 aromatic rings. The predicted octanol–water partition coefficient (Wildman–Crippen LogP) is 2.65. The minimum Gasteiger partial charge on any atom is -0.199 e. The lowest BCUT2D eigenvalue weighted by atomic mass is 10.4. The molecule has 7 heteroatoms. The zero-order chi connectivity index (χ0) is 11.8. The fourth-order valence-corrected chi connectivity index (χ4v) is 2.94. The summed E-state index contributed by atoms with van der Waals surface area (Å²) >= 11 is 6.40. The van der Waals surface area contributed by atoms with E-state index in [4.69, 9.17) is 0 Å². The molecule has 84 valence electrons. The van der Waals surface area contributed by atoms with E-state index in [1.54, 1.807) is 12.1 Å². The lowest BCUT2D eigenvalue weighted by Crippen LogP contribution is -2.13. The predicted molar refractivity (Wildman–Crippen MR) is 66.7 cm³/mol. The van der Waals surface area contributed by atoms with Gasteiger partial charge in [-0.05, 0) is 40.2 Å². The fraction of sp³-hybridized carbons (Fsp3) is 0. The first-order valence-electron chi connectivity index (χ1n) is 4.21. The molecule has 0 spiro atoms. The van der Waals surface area contributed by atoms with E-state index in [1.807, 2.05) is 0 Å². The maximum Gasteiger partial charge on any atom is 0.282 e. The minimum absolute atomic E-state index is 0.200. The Balaban J connectivity index is 2.51. The second-order valence-electron chi connectivity index (χ2n) is 2.99. The van der Waals surface area contributed by atoms with Gasteiger partial charge in [-0.25, -0.2) is 0 Å². The molecule has 0 saturated heterocycles. The maximum atomic E-state index is 12.0. The van der Waals surface area contributed by atoms with E-state index in [-0.39, 0.29) is 4.90 Å². The second-order valence-corrected chi connectivity index (χ2v) is 6.62. The molecular weight excluding hydrogens is 360 g/mol. The number of benzene rings is 1. The van der Waals surface area contributed by atoms with Gasteiger partial charge in [0.2, 0.25) is 0 Å². The quantitative estimate of drug-likeness (QED) is 0.822. The number of aromatic nitrogens is 2. The number of halogens is 2. The van der Waals surface area contributed by atoms with Crippen molar-refractivity contribution < 1.29 is 8.42 Å². The Kier molecular flexibility index (Phi) is 3.18. The lowest BCUT2D eigenvalue weighted by Gasteiger charge is -2.03. The van der Waals surface area contributed by atoms with Gasteiger partial charge in [-0.3, -0.25) is 0 Å². The Hall–Kier alpha value is -0.660. The molecule has 0 amide bonds. The lowest BCUT2D eigenvalue weighted by molar-refractivity contribution is 0.580. The highest BCUT2D eigenvalue weighted by molar-refractivity contribution is 9.10. The van der Waals surface area contributed by atoms with Crippen LogP contribution in [0.25, 0.3) is 0 Å². The first kappa shape index (κ1) is 11.8. The molecule has 0 aliphatic heterocycles. The number of nitrogens with zero attached hydrogens (tertiary/aromatic N) is 2. The van der Waals surface area contributed by atoms with Gasteiger partial charge in [0.25, 0.3) is 10.0 Å². The van der Waals surface area contributed by atoms with Gasteiger partial charge in [-0.2, -0.15) is 17.6 Å². The molecule has 0 aliphatic rings. The summed E-state index contributed by atoms with van der Waals surface area (Å²) in [6, 6.07) is 6.39. The van der Waals surface area contributed by atoms with Gasteiger partial charge in [-0.1, -0.05) is 15.9 Å². The molecule has 2 rings (SSSR count). The summed E-state index contributed by atoms with van der Waals surface area (Å²) in [6.07, 6.45) is 2.83. The van der Waals surface area contributed by atoms with Crippen LogP contribution in [0.3, 0.4) is 0 Å². The topological polar surface area (TPSA) is 52.0 Å². The maximum absolute atomic E-state index is 12.0. The van der Waals surface area contributed by atoms with Crippen molar-refractivity contribution in [1.82, 2.24) is 9.19 Å². The molecule has 0 N–H and O–H groups in total. The van der Waals surface area contributed by atoms with Crippen molar-refractivity contribution in [2.24, 2.45) is 0 Å². The van der Waals surface area contributed by atoms with Crippen LogP contribution in [0.2, 0.25) is 0 Å². The Labute approximate surface area is 110 Å². The summed E-state index contributed by atoms with van der Waals surface area (Å²) in [6.45, 7) is 0. The third-order valence-corrected chi connectivity index (χ3v) is 4.38. The third-order valence-electron chi connectivity index (χ3n) is 1.89. The van der Waals surface area contributed by atoms with Gasteiger partial charge in [0.15, 0.2) is 0 Å². The smallest absolute Gasteiger partial charge is 0.199 e. The van der Waals surface area contributed by atoms with Gasteiger partial charge in [-0.15, -0.1) is 0 Å². The molecule has 0 bridgehead atoms. The fourth-order valence-electron chi connectivity index (χ4n) is 1.13. The van der Waals surface area contributed by atoms with Crippen molar-refractivity contribution in [3.8, 4) is 0 Å². The molecule has 1 aromatic heterocycles. The molecule has 1 aromatic carbocycles. The molecule has 16 heavy (non-hydrogen) atoms. The number of hydrogen-bond acceptors (Lipinski definition) is 3. The van der Waals surface area contributed by atoms with Crippen LogP contribution in [-0.4, -0.2) is 17.6 Å². The number of rotatable bonds is 2. The molecule has 0 radical (unpaired) electrons. The molecule has 1 heterocycles. The van der Waals surface area contributed by atoms with Crippen molar-refractivity contribution in [2.75, 3.05) is 0 Å². The number of hydrogen-bond donors (Lipinski definition) is 0. The summed E-state index contributed by atoms with van der Waals surface area (Å²) in [5, 5.41) is 3.76. The largest absolute Gasteiger partial charge is 0.282 e. The highest BCUT2D eigenvalue weighted by Crippen LogP contribution is 2.18. The van der Waals surface area contributed by atoms with Crippen molar-refractivity contribution in [1.29, 1.82) is 0 Å². The van der Waals surface area contributed by atoms with Crippen molar-refractivity contribution >= 4 is 41.9 Å². The highest BCUT2D eigenvalue weighted by Gasteiger charge is 2.17. The minimum atomic E-state index is -3.58. The Morgan fingerprint density at radius 3 is 2.19 bits per heavy atom. The summed E-state index contributed by atoms with van der Waals surface area (Å²) in [7, 11) is -3.58. The monoisotopic (exact) mass is 364 g/mol. The van der Waals surface area contributed by atoms with Crippen LogP contribution >= 0.6 is 31.9 Å². The average Bonchev–Trinajstić information content (AvgIpc) is 2.66. The summed E-state index contributed by atoms with van der Waals surface area (Å²) < 4.78 is 26.4. The first-order chi connectivity index (χ1) is 7.50. The van der Waals surface area contributed by atoms with E-state index < -0.39 is 10.0 Å². The third kappa shape index (κ3) is 2.21. The van der Waals surface area contributed by atoms with E-state index in [9.17, 15) is 8.42 Å². The molecule has 4 nitrogen and oxygen atoms in total. The van der Waals surface area contributed by atoms with Crippen LogP contribution in [0.4, 0.5) is 0 Å². The van der Waals surface area contributed by atoms with Crippen molar-refractivity contribution in [2.45, 2.75) is 4.90 Å². The summed E-state index contributed by atoms with van der Waals surface area (Å²) in [4.78, 5) is 0.200. The van der Waals surface area contributed by atoms with Crippen LogP contribution in [0, 0.1) is 0 Å².